The first-order valence-corrected chi connectivity index (χ1v) is 13.3. The lowest BCUT2D eigenvalue weighted by atomic mass is 10.1. The zero-order valence-corrected chi connectivity index (χ0v) is 21.2. The monoisotopic (exact) mass is 533 g/mol. The number of carbonyl (C=O) groups excluding carboxylic acids is 1. The van der Waals surface area contributed by atoms with Crippen molar-refractivity contribution in [2.75, 3.05) is 30.9 Å². The summed E-state index contributed by atoms with van der Waals surface area (Å²) in [6.07, 6.45) is 0.827. The Hall–Kier alpha value is -2.78. The molecule has 1 aliphatic heterocycles. The molecule has 10 heteroatoms. The van der Waals surface area contributed by atoms with Crippen molar-refractivity contribution >= 4 is 44.8 Å². The number of phenolic OH excluding ortho intramolecular Hbond substituents is 1. The molecular weight excluding hydrogens is 509 g/mol. The van der Waals surface area contributed by atoms with Crippen LogP contribution in [0.3, 0.4) is 0 Å². The van der Waals surface area contributed by atoms with Crippen molar-refractivity contribution in [2.24, 2.45) is 0 Å². The summed E-state index contributed by atoms with van der Waals surface area (Å²) in [5.41, 5.74) is 1.79. The first-order valence-electron chi connectivity index (χ1n) is 11.1. The van der Waals surface area contributed by atoms with Crippen molar-refractivity contribution < 1.29 is 18.3 Å². The number of aromatic hydroxyl groups is 1. The first kappa shape index (κ1) is 25.3. The fourth-order valence-electron chi connectivity index (χ4n) is 3.95. The largest absolute Gasteiger partial charge is 0.508 e. The van der Waals surface area contributed by atoms with E-state index in [-0.39, 0.29) is 32.3 Å². The van der Waals surface area contributed by atoms with E-state index in [0.717, 1.165) is 31.6 Å². The van der Waals surface area contributed by atoms with E-state index in [2.05, 4.69) is 9.62 Å². The smallest absolute Gasteiger partial charge is 0.261 e. The van der Waals surface area contributed by atoms with E-state index in [1.54, 1.807) is 35.2 Å². The Bertz CT molecular complexity index is 1320. The van der Waals surface area contributed by atoms with Crippen molar-refractivity contribution in [2.45, 2.75) is 17.9 Å². The van der Waals surface area contributed by atoms with Crippen LogP contribution in [-0.2, 0) is 16.6 Å². The number of nitrogens with zero attached hydrogens (tertiary/aromatic N) is 2. The Kier molecular flexibility index (Phi) is 7.86. The van der Waals surface area contributed by atoms with E-state index in [1.807, 2.05) is 12.1 Å². The highest BCUT2D eigenvalue weighted by Gasteiger charge is 2.22. The average Bonchev–Trinajstić information content (AvgIpc) is 3.07. The Labute approximate surface area is 214 Å². The molecule has 4 rings (SSSR count). The normalized spacial score (nSPS) is 15.0. The van der Waals surface area contributed by atoms with Gasteiger partial charge in [0.1, 0.15) is 5.75 Å². The molecule has 1 aliphatic rings. The van der Waals surface area contributed by atoms with Gasteiger partial charge in [-0.1, -0.05) is 41.4 Å². The number of hydrogen-bond acceptors (Lipinski definition) is 5. The summed E-state index contributed by atoms with van der Waals surface area (Å²) in [6, 6.07) is 17.7. The second-order valence-electron chi connectivity index (χ2n) is 8.35. The number of anilines is 1. The number of halogens is 2. The second kappa shape index (κ2) is 10.9. The van der Waals surface area contributed by atoms with Crippen LogP contribution in [0, 0.1) is 0 Å². The van der Waals surface area contributed by atoms with Gasteiger partial charge in [0.2, 0.25) is 0 Å². The zero-order chi connectivity index (χ0) is 25.0. The van der Waals surface area contributed by atoms with Gasteiger partial charge in [0, 0.05) is 44.0 Å². The third-order valence-electron chi connectivity index (χ3n) is 5.78. The van der Waals surface area contributed by atoms with Gasteiger partial charge in [0.05, 0.1) is 14.9 Å². The quantitative estimate of drug-likeness (QED) is 0.472. The number of nitrogens with one attached hydrogen (secondary N) is 1. The summed E-state index contributed by atoms with van der Waals surface area (Å²) in [5.74, 6) is 0.0925. The van der Waals surface area contributed by atoms with Crippen molar-refractivity contribution in [3.05, 3.63) is 87.9 Å². The van der Waals surface area contributed by atoms with Gasteiger partial charge in [0.25, 0.3) is 15.9 Å². The maximum Gasteiger partial charge on any atom is 0.261 e. The third-order valence-corrected chi connectivity index (χ3v) is 7.90. The van der Waals surface area contributed by atoms with Crippen molar-refractivity contribution in [1.29, 1.82) is 0 Å². The van der Waals surface area contributed by atoms with Crippen LogP contribution in [0.15, 0.2) is 71.6 Å². The molecule has 0 aromatic heterocycles. The first-order chi connectivity index (χ1) is 16.7. The summed E-state index contributed by atoms with van der Waals surface area (Å²) in [6.45, 7) is 3.50. The summed E-state index contributed by atoms with van der Waals surface area (Å²) < 4.78 is 28.0. The Balaban J connectivity index is 1.41. The molecule has 1 fully saturated rings. The topological polar surface area (TPSA) is 90.0 Å². The highest BCUT2D eigenvalue weighted by atomic mass is 35.5. The third kappa shape index (κ3) is 6.46. The van der Waals surface area contributed by atoms with Gasteiger partial charge < -0.3 is 10.0 Å². The predicted molar refractivity (Wildman–Crippen MR) is 138 cm³/mol. The number of hydrogen-bond donors (Lipinski definition) is 2. The molecule has 0 atom stereocenters. The Morgan fingerprint density at radius 3 is 2.43 bits per heavy atom. The van der Waals surface area contributed by atoms with Gasteiger partial charge in [-0.05, 0) is 60.5 Å². The Morgan fingerprint density at radius 2 is 1.69 bits per heavy atom. The number of sulfonamides is 1. The molecule has 0 spiro atoms. The molecule has 1 heterocycles. The molecule has 184 valence electrons. The van der Waals surface area contributed by atoms with Crippen LogP contribution in [0.2, 0.25) is 10.0 Å². The van der Waals surface area contributed by atoms with E-state index < -0.39 is 10.0 Å². The maximum atomic E-state index is 13.2. The molecule has 0 radical (unpaired) electrons. The number of benzene rings is 3. The summed E-state index contributed by atoms with van der Waals surface area (Å²) in [5, 5.41) is 9.87. The van der Waals surface area contributed by atoms with Gasteiger partial charge in [0.15, 0.2) is 0 Å². The van der Waals surface area contributed by atoms with Crippen molar-refractivity contribution in [1.82, 2.24) is 9.80 Å². The lowest BCUT2D eigenvalue weighted by Gasteiger charge is -2.22. The van der Waals surface area contributed by atoms with E-state index >= 15 is 0 Å². The minimum Gasteiger partial charge on any atom is -0.508 e. The molecule has 2 N–H and O–H groups in total. The van der Waals surface area contributed by atoms with Crippen LogP contribution in [-0.4, -0.2) is 55.4 Å². The average molecular weight is 534 g/mol. The number of carbonyl (C=O) groups is 1. The van der Waals surface area contributed by atoms with Crippen molar-refractivity contribution in [3.8, 4) is 5.75 Å². The van der Waals surface area contributed by atoms with Crippen LogP contribution >= 0.6 is 23.2 Å². The molecule has 3 aromatic rings. The SMILES string of the molecule is O=C(c1cccc(NS(=O)(=O)c2ccc(Cl)c(Cl)c2)c1)N1CCCN(Cc2ccc(O)cc2)CC1. The van der Waals surface area contributed by atoms with Crippen LogP contribution in [0.4, 0.5) is 5.69 Å². The fraction of sp³-hybridized carbons (Fsp3) is 0.240. The zero-order valence-electron chi connectivity index (χ0n) is 18.8. The van der Waals surface area contributed by atoms with E-state index in [0.29, 0.717) is 18.7 Å². The summed E-state index contributed by atoms with van der Waals surface area (Å²) in [4.78, 5) is 17.2. The second-order valence-corrected chi connectivity index (χ2v) is 10.8. The molecule has 0 saturated carbocycles. The van der Waals surface area contributed by atoms with Gasteiger partial charge in [-0.2, -0.15) is 0 Å². The summed E-state index contributed by atoms with van der Waals surface area (Å²) >= 11 is 11.8. The minimum atomic E-state index is -3.91. The van der Waals surface area contributed by atoms with Gasteiger partial charge >= 0.3 is 0 Å². The highest BCUT2D eigenvalue weighted by Crippen LogP contribution is 2.26. The standard InChI is InChI=1S/C25H25Cl2N3O4S/c26-23-10-9-22(16-24(23)27)35(33,34)28-20-4-1-3-19(15-20)25(32)30-12-2-11-29(13-14-30)17-18-5-7-21(31)8-6-18/h1,3-10,15-16,28,31H,2,11-14,17H2. The van der Waals surface area contributed by atoms with Crippen LogP contribution < -0.4 is 4.72 Å². The molecule has 0 bridgehead atoms. The molecule has 0 aliphatic carbocycles. The molecule has 1 saturated heterocycles. The number of amides is 1. The predicted octanol–water partition coefficient (Wildman–Crippen LogP) is 4.85. The van der Waals surface area contributed by atoms with Gasteiger partial charge in [-0.25, -0.2) is 8.42 Å². The molecule has 1 amide bonds. The Morgan fingerprint density at radius 1 is 0.914 bits per heavy atom. The number of phenols is 1. The van der Waals surface area contributed by atoms with Gasteiger partial charge in [-0.3, -0.25) is 14.4 Å². The molecular formula is C25H25Cl2N3O4S. The van der Waals surface area contributed by atoms with E-state index in [9.17, 15) is 18.3 Å². The van der Waals surface area contributed by atoms with Crippen LogP contribution in [0.25, 0.3) is 0 Å². The molecule has 7 nitrogen and oxygen atoms in total. The molecule has 35 heavy (non-hydrogen) atoms. The van der Waals surface area contributed by atoms with Gasteiger partial charge in [-0.15, -0.1) is 0 Å². The van der Waals surface area contributed by atoms with Crippen LogP contribution in [0.5, 0.6) is 5.75 Å². The maximum absolute atomic E-state index is 13.2. The fourth-order valence-corrected chi connectivity index (χ4v) is 5.39. The lowest BCUT2D eigenvalue weighted by molar-refractivity contribution is 0.0761. The highest BCUT2D eigenvalue weighted by molar-refractivity contribution is 7.92. The molecule has 0 unspecified atom stereocenters. The minimum absolute atomic E-state index is 0.0233. The molecule has 3 aromatic carbocycles. The van der Waals surface area contributed by atoms with Crippen molar-refractivity contribution in [3.63, 3.8) is 0 Å². The lowest BCUT2D eigenvalue weighted by Crippen LogP contribution is -2.35. The summed E-state index contributed by atoms with van der Waals surface area (Å²) in [7, 11) is -3.91. The van der Waals surface area contributed by atoms with E-state index in [1.165, 1.54) is 24.3 Å². The van der Waals surface area contributed by atoms with Crippen LogP contribution in [0.1, 0.15) is 22.3 Å². The van der Waals surface area contributed by atoms with E-state index in [4.69, 9.17) is 23.2 Å². The number of rotatable bonds is 6.